The molecule has 76 valence electrons. The van der Waals surface area contributed by atoms with E-state index in [4.69, 9.17) is 5.73 Å². The number of hydrogen-bond donors (Lipinski definition) is 1. The van der Waals surface area contributed by atoms with E-state index in [1.165, 1.54) is 0 Å². The van der Waals surface area contributed by atoms with E-state index >= 15 is 0 Å². The van der Waals surface area contributed by atoms with Crippen LogP contribution in [0, 0.1) is 6.92 Å². The smallest absolute Gasteiger partial charge is 0.266 e. The molecule has 5 heteroatoms. The molecule has 0 saturated heterocycles. The van der Waals surface area contributed by atoms with Crippen LogP contribution in [-0.2, 0) is 6.54 Å². The van der Waals surface area contributed by atoms with Gasteiger partial charge in [-0.05, 0) is 12.5 Å². The molecule has 1 rings (SSSR count). The summed E-state index contributed by atoms with van der Waals surface area (Å²) < 4.78 is 24.8. The third kappa shape index (κ3) is 1.77. The van der Waals surface area contributed by atoms with Crippen LogP contribution in [0.5, 0.6) is 0 Å². The third-order valence-electron chi connectivity index (χ3n) is 2.03. The van der Waals surface area contributed by atoms with E-state index in [2.05, 4.69) is 4.98 Å². The third-order valence-corrected chi connectivity index (χ3v) is 2.03. The summed E-state index contributed by atoms with van der Waals surface area (Å²) in [7, 11) is 0. The Morgan fingerprint density at radius 1 is 1.64 bits per heavy atom. The summed E-state index contributed by atoms with van der Waals surface area (Å²) in [6.45, 7) is 1.66. The van der Waals surface area contributed by atoms with Crippen molar-refractivity contribution in [3.63, 3.8) is 0 Å². The second-order valence-electron chi connectivity index (χ2n) is 2.81. The van der Waals surface area contributed by atoms with Crippen LogP contribution < -0.4 is 5.73 Å². The van der Waals surface area contributed by atoms with Crippen molar-refractivity contribution in [2.24, 2.45) is 5.73 Å². The standard InChI is InChI=1S/C9H10F2N2O/c1-5-6(2-12)8(4-14)7(3-13-5)9(10)11/h3-4,9H,2,12H2,1H3. The number of pyridine rings is 1. The molecular weight excluding hydrogens is 190 g/mol. The van der Waals surface area contributed by atoms with E-state index in [0.29, 0.717) is 17.5 Å². The molecule has 0 atom stereocenters. The van der Waals surface area contributed by atoms with Gasteiger partial charge in [0.15, 0.2) is 6.29 Å². The van der Waals surface area contributed by atoms with E-state index in [9.17, 15) is 13.6 Å². The van der Waals surface area contributed by atoms with Gasteiger partial charge in [0.1, 0.15) is 0 Å². The summed E-state index contributed by atoms with van der Waals surface area (Å²) in [5.74, 6) is 0. The second-order valence-corrected chi connectivity index (χ2v) is 2.81. The Hall–Kier alpha value is -1.36. The number of rotatable bonds is 3. The average Bonchev–Trinajstić information content (AvgIpc) is 2.16. The fourth-order valence-corrected chi connectivity index (χ4v) is 1.25. The largest absolute Gasteiger partial charge is 0.326 e. The lowest BCUT2D eigenvalue weighted by molar-refractivity contribution is 0.110. The molecule has 0 fully saturated rings. The molecule has 0 saturated carbocycles. The van der Waals surface area contributed by atoms with Gasteiger partial charge in [-0.2, -0.15) is 0 Å². The van der Waals surface area contributed by atoms with Crippen LogP contribution in [0.2, 0.25) is 0 Å². The Bertz CT molecular complexity index is 353. The van der Waals surface area contributed by atoms with E-state index in [1.807, 2.05) is 0 Å². The lowest BCUT2D eigenvalue weighted by Gasteiger charge is -2.09. The van der Waals surface area contributed by atoms with Gasteiger partial charge in [0.25, 0.3) is 6.43 Å². The summed E-state index contributed by atoms with van der Waals surface area (Å²) in [4.78, 5) is 14.4. The molecule has 2 N–H and O–H groups in total. The van der Waals surface area contributed by atoms with Gasteiger partial charge in [-0.15, -0.1) is 0 Å². The van der Waals surface area contributed by atoms with E-state index in [0.717, 1.165) is 6.20 Å². The van der Waals surface area contributed by atoms with Crippen molar-refractivity contribution in [3.05, 3.63) is 28.6 Å². The van der Waals surface area contributed by atoms with Crippen LogP contribution in [0.15, 0.2) is 6.20 Å². The van der Waals surface area contributed by atoms with Crippen molar-refractivity contribution in [1.82, 2.24) is 4.98 Å². The minimum absolute atomic E-state index is 0.0324. The molecule has 0 aromatic carbocycles. The fourth-order valence-electron chi connectivity index (χ4n) is 1.25. The number of nitrogens with two attached hydrogens (primary N) is 1. The Balaban J connectivity index is 3.40. The van der Waals surface area contributed by atoms with Gasteiger partial charge in [-0.25, -0.2) is 8.78 Å². The highest BCUT2D eigenvalue weighted by Gasteiger charge is 2.17. The number of aryl methyl sites for hydroxylation is 1. The number of halogens is 2. The van der Waals surface area contributed by atoms with Crippen molar-refractivity contribution in [2.45, 2.75) is 19.9 Å². The molecule has 0 radical (unpaired) electrons. The Morgan fingerprint density at radius 3 is 2.71 bits per heavy atom. The predicted octanol–water partition coefficient (Wildman–Crippen LogP) is 1.60. The highest BCUT2D eigenvalue weighted by atomic mass is 19.3. The molecule has 1 aromatic rings. The zero-order valence-corrected chi connectivity index (χ0v) is 7.63. The molecule has 0 bridgehead atoms. The summed E-state index contributed by atoms with van der Waals surface area (Å²) in [5.41, 5.74) is 5.86. The number of aldehydes is 1. The van der Waals surface area contributed by atoms with E-state index in [1.54, 1.807) is 6.92 Å². The van der Waals surface area contributed by atoms with Gasteiger partial charge in [0.05, 0.1) is 0 Å². The topological polar surface area (TPSA) is 56.0 Å². The highest BCUT2D eigenvalue weighted by Crippen LogP contribution is 2.24. The van der Waals surface area contributed by atoms with Gasteiger partial charge in [0.2, 0.25) is 0 Å². The molecule has 1 aromatic heterocycles. The van der Waals surface area contributed by atoms with Crippen molar-refractivity contribution in [3.8, 4) is 0 Å². The van der Waals surface area contributed by atoms with Crippen molar-refractivity contribution in [2.75, 3.05) is 0 Å². The molecular formula is C9H10F2N2O. The number of alkyl halides is 2. The van der Waals surface area contributed by atoms with Crippen LogP contribution in [0.4, 0.5) is 8.78 Å². The maximum absolute atomic E-state index is 12.4. The molecule has 0 spiro atoms. The number of hydrogen-bond acceptors (Lipinski definition) is 3. The Labute approximate surface area is 79.9 Å². The lowest BCUT2D eigenvalue weighted by atomic mass is 10.0. The molecule has 0 aliphatic rings. The van der Waals surface area contributed by atoms with Gasteiger partial charge in [0, 0.05) is 29.6 Å². The molecule has 0 amide bonds. The van der Waals surface area contributed by atoms with Crippen LogP contribution in [0.1, 0.15) is 33.6 Å². The Morgan fingerprint density at radius 2 is 2.29 bits per heavy atom. The first-order valence-corrected chi connectivity index (χ1v) is 4.03. The van der Waals surface area contributed by atoms with Crippen LogP contribution >= 0.6 is 0 Å². The molecule has 0 unspecified atom stereocenters. The van der Waals surface area contributed by atoms with Gasteiger partial charge in [-0.1, -0.05) is 0 Å². The highest BCUT2D eigenvalue weighted by molar-refractivity contribution is 5.80. The summed E-state index contributed by atoms with van der Waals surface area (Å²) >= 11 is 0. The molecule has 14 heavy (non-hydrogen) atoms. The Kier molecular flexibility index (Phi) is 3.24. The second kappa shape index (κ2) is 4.23. The SMILES string of the molecule is Cc1ncc(C(F)F)c(C=O)c1CN. The van der Waals surface area contributed by atoms with E-state index in [-0.39, 0.29) is 17.7 Å². The average molecular weight is 200 g/mol. The van der Waals surface area contributed by atoms with Gasteiger partial charge >= 0.3 is 0 Å². The summed E-state index contributed by atoms with van der Waals surface area (Å²) in [6, 6.07) is 0. The summed E-state index contributed by atoms with van der Waals surface area (Å²) in [5, 5.41) is 0. The zero-order valence-electron chi connectivity index (χ0n) is 7.63. The lowest BCUT2D eigenvalue weighted by Crippen LogP contribution is -2.09. The summed E-state index contributed by atoms with van der Waals surface area (Å²) in [6.07, 6.45) is -1.28. The zero-order chi connectivity index (χ0) is 10.7. The number of aromatic nitrogens is 1. The van der Waals surface area contributed by atoms with Crippen molar-refractivity contribution >= 4 is 6.29 Å². The van der Waals surface area contributed by atoms with Crippen LogP contribution in [0.25, 0.3) is 0 Å². The molecule has 0 aliphatic carbocycles. The molecule has 0 aliphatic heterocycles. The fraction of sp³-hybridized carbons (Fsp3) is 0.333. The maximum Gasteiger partial charge on any atom is 0.266 e. The monoisotopic (exact) mass is 200 g/mol. The first-order valence-electron chi connectivity index (χ1n) is 4.03. The van der Waals surface area contributed by atoms with Gasteiger partial charge < -0.3 is 5.73 Å². The number of carbonyl (C=O) groups excluding carboxylic acids is 1. The number of carbonyl (C=O) groups is 1. The van der Waals surface area contributed by atoms with Crippen LogP contribution in [0.3, 0.4) is 0 Å². The van der Waals surface area contributed by atoms with Crippen molar-refractivity contribution < 1.29 is 13.6 Å². The quantitative estimate of drug-likeness (QED) is 0.754. The van der Waals surface area contributed by atoms with Crippen LogP contribution in [-0.4, -0.2) is 11.3 Å². The predicted molar refractivity (Wildman–Crippen MR) is 47.2 cm³/mol. The minimum Gasteiger partial charge on any atom is -0.326 e. The first-order chi connectivity index (χ1) is 6.61. The number of nitrogens with zero attached hydrogens (tertiary/aromatic N) is 1. The van der Waals surface area contributed by atoms with Gasteiger partial charge in [-0.3, -0.25) is 9.78 Å². The van der Waals surface area contributed by atoms with Crippen molar-refractivity contribution in [1.29, 1.82) is 0 Å². The molecule has 1 heterocycles. The minimum atomic E-state index is -2.70. The molecule has 3 nitrogen and oxygen atoms in total. The van der Waals surface area contributed by atoms with E-state index < -0.39 is 6.43 Å². The maximum atomic E-state index is 12.4. The first kappa shape index (κ1) is 10.7. The normalized spacial score (nSPS) is 10.6.